The molecule has 0 atom stereocenters. The molecule has 4 aromatic rings. The van der Waals surface area contributed by atoms with E-state index in [4.69, 9.17) is 4.42 Å². The van der Waals surface area contributed by atoms with Gasteiger partial charge in [0.2, 0.25) is 0 Å². The second-order valence-corrected chi connectivity index (χ2v) is 7.52. The summed E-state index contributed by atoms with van der Waals surface area (Å²) in [4.78, 5) is 14.5. The summed E-state index contributed by atoms with van der Waals surface area (Å²) in [5.74, 6) is 0. The number of nitrogens with one attached hydrogen (secondary N) is 1. The molecular weight excluding hydrogens is 410 g/mol. The Balaban J connectivity index is 1.91. The maximum atomic E-state index is 12.7. The first-order valence-electron chi connectivity index (χ1n) is 8.02. The number of halogens is 1. The smallest absolute Gasteiger partial charge is 0.361 e. The molecule has 3 aromatic carbocycles. The van der Waals surface area contributed by atoms with Crippen LogP contribution in [0.5, 0.6) is 0 Å². The summed E-state index contributed by atoms with van der Waals surface area (Å²) in [5, 5.41) is 4.12. The fourth-order valence-electron chi connectivity index (χ4n) is 2.64. The van der Waals surface area contributed by atoms with E-state index in [2.05, 4.69) is 21.2 Å². The lowest BCUT2D eigenvalue weighted by Crippen LogP contribution is -2.08. The van der Waals surface area contributed by atoms with Crippen molar-refractivity contribution in [1.29, 1.82) is 0 Å². The lowest BCUT2D eigenvalue weighted by atomic mass is 10.2. The summed E-state index contributed by atoms with van der Waals surface area (Å²) >= 11 is 5.12. The molecule has 0 fully saturated rings. The van der Waals surface area contributed by atoms with Crippen LogP contribution in [0.3, 0.4) is 0 Å². The van der Waals surface area contributed by atoms with Crippen molar-refractivity contribution in [3.8, 4) is 0 Å². The number of anilines is 2. The monoisotopic (exact) mass is 423 g/mol. The molecule has 26 heavy (non-hydrogen) atoms. The molecule has 1 aromatic heterocycles. The van der Waals surface area contributed by atoms with Gasteiger partial charge in [-0.05, 0) is 46.3 Å². The maximum absolute atomic E-state index is 12.7. The van der Waals surface area contributed by atoms with Gasteiger partial charge < -0.3 is 9.73 Å². The van der Waals surface area contributed by atoms with Gasteiger partial charge in [-0.1, -0.05) is 60.3 Å². The molecule has 0 aliphatic carbocycles. The summed E-state index contributed by atoms with van der Waals surface area (Å²) < 4.78 is 6.51. The molecule has 0 aliphatic rings. The summed E-state index contributed by atoms with van der Waals surface area (Å²) in [6, 6.07) is 25.2. The van der Waals surface area contributed by atoms with Crippen LogP contribution in [0.1, 0.15) is 0 Å². The number of hydrogen-bond donors (Lipinski definition) is 1. The van der Waals surface area contributed by atoms with E-state index in [0.717, 1.165) is 25.3 Å². The van der Waals surface area contributed by atoms with Gasteiger partial charge in [0, 0.05) is 20.4 Å². The van der Waals surface area contributed by atoms with Gasteiger partial charge in [-0.15, -0.1) is 0 Å². The molecule has 0 amide bonds. The van der Waals surface area contributed by atoms with Crippen molar-refractivity contribution in [2.45, 2.75) is 9.79 Å². The summed E-state index contributed by atoms with van der Waals surface area (Å²) in [6.45, 7) is 0. The van der Waals surface area contributed by atoms with E-state index in [1.54, 1.807) is 0 Å². The molecule has 3 nitrogen and oxygen atoms in total. The third kappa shape index (κ3) is 3.41. The van der Waals surface area contributed by atoms with E-state index in [9.17, 15) is 4.79 Å². The van der Waals surface area contributed by atoms with Crippen LogP contribution in [0.25, 0.3) is 11.0 Å². The van der Waals surface area contributed by atoms with Crippen LogP contribution in [0.4, 0.5) is 11.4 Å². The van der Waals surface area contributed by atoms with Gasteiger partial charge in [0.1, 0.15) is 11.3 Å². The van der Waals surface area contributed by atoms with Crippen molar-refractivity contribution < 1.29 is 4.42 Å². The summed E-state index contributed by atoms with van der Waals surface area (Å²) in [7, 11) is 0. The van der Waals surface area contributed by atoms with Crippen LogP contribution in [-0.2, 0) is 0 Å². The van der Waals surface area contributed by atoms with Crippen molar-refractivity contribution in [1.82, 2.24) is 0 Å². The molecule has 0 radical (unpaired) electrons. The fourth-order valence-corrected chi connectivity index (χ4v) is 4.21. The second-order valence-electron chi connectivity index (χ2n) is 5.61. The van der Waals surface area contributed by atoms with Gasteiger partial charge in [0.25, 0.3) is 0 Å². The molecule has 4 rings (SSSR count). The topological polar surface area (TPSA) is 42.2 Å². The van der Waals surface area contributed by atoms with Gasteiger partial charge in [-0.25, -0.2) is 4.79 Å². The SMILES string of the molecule is O=c1oc2ccccc2c(Sc2ccccc2Br)c1Nc1ccccc1. The van der Waals surface area contributed by atoms with Crippen LogP contribution in [-0.4, -0.2) is 0 Å². The zero-order valence-electron chi connectivity index (χ0n) is 13.6. The highest BCUT2D eigenvalue weighted by Crippen LogP contribution is 2.40. The maximum Gasteiger partial charge on any atom is 0.361 e. The molecule has 0 saturated heterocycles. The normalized spacial score (nSPS) is 10.8. The van der Waals surface area contributed by atoms with E-state index in [1.165, 1.54) is 11.8 Å². The second kappa shape index (κ2) is 7.40. The first-order chi connectivity index (χ1) is 12.7. The molecule has 1 heterocycles. The van der Waals surface area contributed by atoms with E-state index >= 15 is 0 Å². The van der Waals surface area contributed by atoms with Crippen LogP contribution < -0.4 is 10.9 Å². The average Bonchev–Trinajstić information content (AvgIpc) is 2.67. The van der Waals surface area contributed by atoms with E-state index in [1.807, 2.05) is 78.9 Å². The standard InChI is InChI=1S/C21H14BrNO2S/c22-16-11-5-7-13-18(16)26-20-15-10-4-6-12-17(15)25-21(24)19(20)23-14-8-2-1-3-9-14/h1-13,23H. The Hall–Kier alpha value is -2.50. The predicted octanol–water partition coefficient (Wildman–Crippen LogP) is 6.45. The minimum absolute atomic E-state index is 0.387. The Morgan fingerprint density at radius 2 is 1.54 bits per heavy atom. The van der Waals surface area contributed by atoms with Crippen molar-refractivity contribution in [2.75, 3.05) is 5.32 Å². The van der Waals surface area contributed by atoms with Crippen molar-refractivity contribution in [2.24, 2.45) is 0 Å². The van der Waals surface area contributed by atoms with Gasteiger partial charge >= 0.3 is 5.63 Å². The lowest BCUT2D eigenvalue weighted by Gasteiger charge is -2.13. The van der Waals surface area contributed by atoms with E-state index in [-0.39, 0.29) is 5.63 Å². The fraction of sp³-hybridized carbons (Fsp3) is 0. The molecular formula is C21H14BrNO2S. The first-order valence-corrected chi connectivity index (χ1v) is 9.63. The molecule has 1 N–H and O–H groups in total. The predicted molar refractivity (Wildman–Crippen MR) is 110 cm³/mol. The largest absolute Gasteiger partial charge is 0.421 e. The van der Waals surface area contributed by atoms with E-state index < -0.39 is 0 Å². The Bertz CT molecular complexity index is 1130. The zero-order chi connectivity index (χ0) is 17.9. The van der Waals surface area contributed by atoms with Gasteiger partial charge in [-0.3, -0.25) is 0 Å². The van der Waals surface area contributed by atoms with Crippen LogP contribution in [0.2, 0.25) is 0 Å². The Labute approximate surface area is 163 Å². The van der Waals surface area contributed by atoms with Gasteiger partial charge in [0.05, 0.1) is 4.90 Å². The molecule has 5 heteroatoms. The van der Waals surface area contributed by atoms with Crippen molar-refractivity contribution in [3.05, 3.63) is 93.8 Å². The number of rotatable bonds is 4. The number of benzene rings is 3. The highest BCUT2D eigenvalue weighted by molar-refractivity contribution is 9.10. The third-order valence-electron chi connectivity index (χ3n) is 3.86. The molecule has 0 unspecified atom stereocenters. The minimum atomic E-state index is -0.387. The quantitative estimate of drug-likeness (QED) is 0.383. The molecule has 0 spiro atoms. The molecule has 0 bridgehead atoms. The summed E-state index contributed by atoms with van der Waals surface area (Å²) in [5.41, 5.74) is 1.47. The third-order valence-corrected chi connectivity index (χ3v) is 6.02. The molecule has 0 saturated carbocycles. The highest BCUT2D eigenvalue weighted by atomic mass is 79.9. The van der Waals surface area contributed by atoms with Crippen LogP contribution in [0, 0.1) is 0 Å². The Kier molecular flexibility index (Phi) is 4.82. The Morgan fingerprint density at radius 3 is 2.35 bits per heavy atom. The first kappa shape index (κ1) is 16.9. The van der Waals surface area contributed by atoms with Crippen LogP contribution in [0.15, 0.2) is 102 Å². The highest BCUT2D eigenvalue weighted by Gasteiger charge is 2.17. The van der Waals surface area contributed by atoms with Gasteiger partial charge in [-0.2, -0.15) is 0 Å². The van der Waals surface area contributed by atoms with E-state index in [0.29, 0.717) is 11.3 Å². The van der Waals surface area contributed by atoms with Crippen molar-refractivity contribution in [3.63, 3.8) is 0 Å². The minimum Gasteiger partial charge on any atom is -0.421 e. The average molecular weight is 424 g/mol. The number of hydrogen-bond acceptors (Lipinski definition) is 4. The zero-order valence-corrected chi connectivity index (χ0v) is 16.0. The Morgan fingerprint density at radius 1 is 0.846 bits per heavy atom. The summed E-state index contributed by atoms with van der Waals surface area (Å²) in [6.07, 6.45) is 0. The lowest BCUT2D eigenvalue weighted by molar-refractivity contribution is 0.561. The molecule has 0 aliphatic heterocycles. The van der Waals surface area contributed by atoms with Crippen molar-refractivity contribution >= 4 is 50.0 Å². The molecule has 128 valence electrons. The number of para-hydroxylation sites is 2. The number of fused-ring (bicyclic) bond motifs is 1. The van der Waals surface area contributed by atoms with Crippen LogP contribution >= 0.6 is 27.7 Å². The van der Waals surface area contributed by atoms with Gasteiger partial charge in [0.15, 0.2) is 0 Å².